The highest BCUT2D eigenvalue weighted by Crippen LogP contribution is 2.16. The van der Waals surface area contributed by atoms with E-state index in [9.17, 15) is 8.42 Å². The Labute approximate surface area is 136 Å². The first-order valence-electron chi connectivity index (χ1n) is 7.30. The molecule has 0 spiro atoms. The number of benzene rings is 1. The summed E-state index contributed by atoms with van der Waals surface area (Å²) in [5, 5.41) is 7.03. The van der Waals surface area contributed by atoms with E-state index < -0.39 is 9.84 Å². The highest BCUT2D eigenvalue weighted by atomic mass is 32.2. The van der Waals surface area contributed by atoms with Crippen LogP contribution in [0.15, 0.2) is 33.7 Å². The number of hydrogen-bond acceptors (Lipinski definition) is 7. The van der Waals surface area contributed by atoms with Gasteiger partial charge in [0.1, 0.15) is 5.75 Å². The molecule has 0 radical (unpaired) electrons. The van der Waals surface area contributed by atoms with Crippen LogP contribution >= 0.6 is 0 Å². The van der Waals surface area contributed by atoms with Crippen LogP contribution in [0.3, 0.4) is 0 Å². The van der Waals surface area contributed by atoms with Crippen molar-refractivity contribution in [2.75, 3.05) is 19.9 Å². The lowest BCUT2D eigenvalue weighted by molar-refractivity contribution is 0.291. The summed E-state index contributed by atoms with van der Waals surface area (Å²) in [5.41, 5.74) is 0. The van der Waals surface area contributed by atoms with Gasteiger partial charge < -0.3 is 14.6 Å². The number of likely N-dealkylation sites (N-methyl/N-ethyl adjacent to an activating group) is 1. The lowest BCUT2D eigenvalue weighted by atomic mass is 10.2. The van der Waals surface area contributed by atoms with Crippen molar-refractivity contribution in [1.29, 1.82) is 0 Å². The average Bonchev–Trinajstić information content (AvgIpc) is 2.94. The van der Waals surface area contributed by atoms with Crippen LogP contribution in [-0.2, 0) is 22.7 Å². The van der Waals surface area contributed by atoms with Gasteiger partial charge in [0.25, 0.3) is 0 Å². The predicted octanol–water partition coefficient (Wildman–Crippen LogP) is 1.24. The van der Waals surface area contributed by atoms with Gasteiger partial charge >= 0.3 is 0 Å². The zero-order valence-corrected chi connectivity index (χ0v) is 14.3. The molecule has 2 aromatic rings. The molecule has 126 valence electrons. The average molecular weight is 339 g/mol. The molecule has 23 heavy (non-hydrogen) atoms. The number of nitrogens with one attached hydrogen (secondary N) is 1. The topological polar surface area (TPSA) is 94.3 Å². The normalized spacial score (nSPS) is 13.0. The van der Waals surface area contributed by atoms with Crippen molar-refractivity contribution in [3.63, 3.8) is 0 Å². The van der Waals surface area contributed by atoms with Crippen LogP contribution in [0.2, 0.25) is 0 Å². The SMILES string of the molecule is CNC(C)Cc1noc(CCOc2ccc(S(C)(=O)=O)cc2)n1. The van der Waals surface area contributed by atoms with E-state index in [-0.39, 0.29) is 10.9 Å². The molecule has 0 aliphatic rings. The molecule has 0 aliphatic heterocycles. The second-order valence-electron chi connectivity index (χ2n) is 5.34. The second-order valence-corrected chi connectivity index (χ2v) is 7.36. The van der Waals surface area contributed by atoms with Crippen molar-refractivity contribution in [1.82, 2.24) is 15.5 Å². The van der Waals surface area contributed by atoms with Gasteiger partial charge in [-0.25, -0.2) is 8.42 Å². The summed E-state index contributed by atoms with van der Waals surface area (Å²) in [6.45, 7) is 2.42. The number of hydrogen-bond donors (Lipinski definition) is 1. The third kappa shape index (κ3) is 5.33. The Morgan fingerprint density at radius 1 is 1.30 bits per heavy atom. The highest BCUT2D eigenvalue weighted by Gasteiger charge is 2.10. The monoisotopic (exact) mass is 339 g/mol. The van der Waals surface area contributed by atoms with E-state index in [1.54, 1.807) is 12.1 Å². The Morgan fingerprint density at radius 3 is 2.61 bits per heavy atom. The molecule has 0 amide bonds. The zero-order chi connectivity index (χ0) is 16.9. The number of sulfone groups is 1. The minimum Gasteiger partial charge on any atom is -0.493 e. The number of rotatable bonds is 8. The van der Waals surface area contributed by atoms with Crippen molar-refractivity contribution in [3.05, 3.63) is 36.0 Å². The fourth-order valence-electron chi connectivity index (χ4n) is 1.89. The molecule has 0 saturated carbocycles. The van der Waals surface area contributed by atoms with E-state index in [4.69, 9.17) is 9.26 Å². The first kappa shape index (κ1) is 17.4. The number of nitrogens with zero attached hydrogens (tertiary/aromatic N) is 2. The zero-order valence-electron chi connectivity index (χ0n) is 13.4. The predicted molar refractivity (Wildman–Crippen MR) is 85.3 cm³/mol. The summed E-state index contributed by atoms with van der Waals surface area (Å²) in [4.78, 5) is 4.57. The van der Waals surface area contributed by atoms with Gasteiger partial charge in [-0.1, -0.05) is 5.16 Å². The van der Waals surface area contributed by atoms with Gasteiger partial charge in [0.15, 0.2) is 15.7 Å². The summed E-state index contributed by atoms with van der Waals surface area (Å²) < 4.78 is 33.5. The van der Waals surface area contributed by atoms with Gasteiger partial charge in [-0.2, -0.15) is 4.98 Å². The van der Waals surface area contributed by atoms with Gasteiger partial charge in [-0.05, 0) is 38.2 Å². The Morgan fingerprint density at radius 2 is 2.00 bits per heavy atom. The highest BCUT2D eigenvalue weighted by molar-refractivity contribution is 7.90. The summed E-state index contributed by atoms with van der Waals surface area (Å²) in [6, 6.07) is 6.59. The van der Waals surface area contributed by atoms with Crippen LogP contribution in [-0.4, -0.2) is 44.5 Å². The molecule has 7 nitrogen and oxygen atoms in total. The Hall–Kier alpha value is -1.93. The Kier molecular flexibility index (Phi) is 5.73. The van der Waals surface area contributed by atoms with E-state index >= 15 is 0 Å². The van der Waals surface area contributed by atoms with Crippen LogP contribution in [0.1, 0.15) is 18.6 Å². The smallest absolute Gasteiger partial charge is 0.230 e. The van der Waals surface area contributed by atoms with Crippen molar-refractivity contribution in [2.24, 2.45) is 0 Å². The van der Waals surface area contributed by atoms with E-state index in [0.717, 1.165) is 0 Å². The van der Waals surface area contributed by atoms with Crippen LogP contribution in [0.25, 0.3) is 0 Å². The van der Waals surface area contributed by atoms with Gasteiger partial charge in [0.2, 0.25) is 5.89 Å². The molecule has 1 N–H and O–H groups in total. The molecular formula is C15H21N3O4S. The van der Waals surface area contributed by atoms with Crippen LogP contribution in [0.5, 0.6) is 5.75 Å². The molecule has 1 unspecified atom stereocenters. The fraction of sp³-hybridized carbons (Fsp3) is 0.467. The fourth-order valence-corrected chi connectivity index (χ4v) is 2.52. The molecule has 8 heteroatoms. The van der Waals surface area contributed by atoms with Gasteiger partial charge in [-0.15, -0.1) is 0 Å². The molecule has 0 saturated heterocycles. The summed E-state index contributed by atoms with van der Waals surface area (Å²) in [5.74, 6) is 1.79. The van der Waals surface area contributed by atoms with Gasteiger partial charge in [0.05, 0.1) is 17.9 Å². The van der Waals surface area contributed by atoms with E-state index in [1.807, 2.05) is 14.0 Å². The molecule has 1 atom stereocenters. The summed E-state index contributed by atoms with van der Waals surface area (Å²) in [6.07, 6.45) is 2.37. The number of ether oxygens (including phenoxy) is 1. The Bertz CT molecular complexity index is 725. The van der Waals surface area contributed by atoms with Crippen molar-refractivity contribution < 1.29 is 17.7 Å². The maximum absolute atomic E-state index is 11.4. The minimum absolute atomic E-state index is 0.269. The maximum Gasteiger partial charge on any atom is 0.230 e. The Balaban J connectivity index is 1.83. The van der Waals surface area contributed by atoms with E-state index in [0.29, 0.717) is 36.9 Å². The van der Waals surface area contributed by atoms with E-state index in [2.05, 4.69) is 15.5 Å². The van der Waals surface area contributed by atoms with E-state index in [1.165, 1.54) is 18.4 Å². The third-order valence-corrected chi connectivity index (χ3v) is 4.46. The van der Waals surface area contributed by atoms with Crippen molar-refractivity contribution in [3.8, 4) is 5.75 Å². The lowest BCUT2D eigenvalue weighted by Crippen LogP contribution is -2.24. The standard InChI is InChI=1S/C15H21N3O4S/c1-11(16-2)10-14-17-15(22-18-14)8-9-21-12-4-6-13(7-5-12)23(3,19)20/h4-7,11,16H,8-10H2,1-3H3. The van der Waals surface area contributed by atoms with Gasteiger partial charge in [-0.3, -0.25) is 0 Å². The molecule has 0 aliphatic carbocycles. The first-order valence-corrected chi connectivity index (χ1v) is 9.19. The molecule has 0 fully saturated rings. The molecule has 0 bridgehead atoms. The first-order chi connectivity index (χ1) is 10.9. The molecule has 1 aromatic heterocycles. The molecule has 1 aromatic carbocycles. The maximum atomic E-state index is 11.4. The third-order valence-electron chi connectivity index (χ3n) is 3.33. The minimum atomic E-state index is -3.19. The largest absolute Gasteiger partial charge is 0.493 e. The van der Waals surface area contributed by atoms with Crippen LogP contribution in [0.4, 0.5) is 0 Å². The quantitative estimate of drug-likeness (QED) is 0.773. The van der Waals surface area contributed by atoms with Crippen molar-refractivity contribution >= 4 is 9.84 Å². The lowest BCUT2D eigenvalue weighted by Gasteiger charge is -2.05. The molecule has 2 rings (SSSR count). The van der Waals surface area contributed by atoms with Crippen LogP contribution < -0.4 is 10.1 Å². The molecular weight excluding hydrogens is 318 g/mol. The van der Waals surface area contributed by atoms with Crippen molar-refractivity contribution in [2.45, 2.75) is 30.7 Å². The second kappa shape index (κ2) is 7.56. The summed E-state index contributed by atoms with van der Waals surface area (Å²) >= 11 is 0. The summed E-state index contributed by atoms with van der Waals surface area (Å²) in [7, 11) is -1.30. The molecule has 1 heterocycles. The van der Waals surface area contributed by atoms with Crippen LogP contribution in [0, 0.1) is 0 Å². The van der Waals surface area contributed by atoms with Gasteiger partial charge in [0, 0.05) is 18.7 Å². The number of aromatic nitrogens is 2.